The second kappa shape index (κ2) is 6.41. The molecule has 1 heterocycles. The first-order chi connectivity index (χ1) is 12.6. The van der Waals surface area contributed by atoms with Gasteiger partial charge in [0.2, 0.25) is 0 Å². The number of nitrogens with zero attached hydrogens (tertiary/aromatic N) is 2. The standard InChI is InChI=1S/C20H20ClN3O2/c21-17-6-2-4-14(12-17)13-3-1-5-16(11-13)20(15-7-8-15)18(26)24(9-10-25)19(22)23-20/h1-6,11-12,15,25H,7-10H2,(H2,22,23). The molecule has 0 saturated heterocycles. The average molecular weight is 370 g/mol. The van der Waals surface area contributed by atoms with Crippen LogP contribution in [0.4, 0.5) is 0 Å². The lowest BCUT2D eigenvalue weighted by atomic mass is 9.83. The van der Waals surface area contributed by atoms with E-state index < -0.39 is 5.54 Å². The van der Waals surface area contributed by atoms with Gasteiger partial charge in [-0.15, -0.1) is 0 Å². The van der Waals surface area contributed by atoms with Crippen LogP contribution in [0.25, 0.3) is 11.1 Å². The van der Waals surface area contributed by atoms with Crippen molar-refractivity contribution in [2.24, 2.45) is 16.6 Å². The zero-order valence-electron chi connectivity index (χ0n) is 14.2. The first-order valence-electron chi connectivity index (χ1n) is 8.71. The second-order valence-corrected chi connectivity index (χ2v) is 7.22. The molecule has 1 saturated carbocycles. The summed E-state index contributed by atoms with van der Waals surface area (Å²) in [7, 11) is 0. The van der Waals surface area contributed by atoms with Crippen molar-refractivity contribution in [3.8, 4) is 11.1 Å². The van der Waals surface area contributed by atoms with E-state index in [9.17, 15) is 9.90 Å². The van der Waals surface area contributed by atoms with Crippen molar-refractivity contribution in [2.45, 2.75) is 18.4 Å². The lowest BCUT2D eigenvalue weighted by molar-refractivity contribution is -0.132. The summed E-state index contributed by atoms with van der Waals surface area (Å²) in [6.07, 6.45) is 1.88. The monoisotopic (exact) mass is 369 g/mol. The third-order valence-corrected chi connectivity index (χ3v) is 5.33. The van der Waals surface area contributed by atoms with Gasteiger partial charge in [-0.25, -0.2) is 4.99 Å². The van der Waals surface area contributed by atoms with E-state index in [4.69, 9.17) is 17.3 Å². The fourth-order valence-electron chi connectivity index (χ4n) is 3.71. The molecule has 26 heavy (non-hydrogen) atoms. The van der Waals surface area contributed by atoms with Crippen LogP contribution in [-0.2, 0) is 10.3 Å². The molecule has 1 aliphatic heterocycles. The number of benzene rings is 2. The van der Waals surface area contributed by atoms with Gasteiger partial charge < -0.3 is 10.8 Å². The van der Waals surface area contributed by atoms with E-state index in [2.05, 4.69) is 4.99 Å². The SMILES string of the molecule is NC1=NC(c2cccc(-c3cccc(Cl)c3)c2)(C2CC2)C(=O)N1CCO. The molecule has 5 nitrogen and oxygen atoms in total. The molecule has 1 atom stereocenters. The normalized spacial score (nSPS) is 22.6. The Morgan fingerprint density at radius 2 is 1.88 bits per heavy atom. The zero-order chi connectivity index (χ0) is 18.3. The number of β-amino-alcohol motifs (C(OH)–C–C–N with tert-alkyl or cyclic N) is 1. The van der Waals surface area contributed by atoms with Crippen molar-refractivity contribution in [3.05, 3.63) is 59.1 Å². The minimum Gasteiger partial charge on any atom is -0.395 e. The molecular weight excluding hydrogens is 350 g/mol. The molecule has 1 fully saturated rings. The minimum atomic E-state index is -0.978. The van der Waals surface area contributed by atoms with Crippen molar-refractivity contribution in [1.82, 2.24) is 4.90 Å². The predicted octanol–water partition coefficient (Wildman–Crippen LogP) is 2.76. The molecule has 2 aliphatic rings. The van der Waals surface area contributed by atoms with Crippen molar-refractivity contribution in [3.63, 3.8) is 0 Å². The molecular formula is C20H20ClN3O2. The number of rotatable bonds is 5. The van der Waals surface area contributed by atoms with E-state index in [0.29, 0.717) is 5.02 Å². The van der Waals surface area contributed by atoms with Crippen molar-refractivity contribution < 1.29 is 9.90 Å². The van der Waals surface area contributed by atoms with Gasteiger partial charge in [-0.1, -0.05) is 41.9 Å². The summed E-state index contributed by atoms with van der Waals surface area (Å²) in [6.45, 7) is 0.0158. The molecule has 2 aromatic rings. The number of guanidine groups is 1. The van der Waals surface area contributed by atoms with Gasteiger partial charge in [0.1, 0.15) is 0 Å². The quantitative estimate of drug-likeness (QED) is 0.850. The van der Waals surface area contributed by atoms with Crippen molar-refractivity contribution >= 4 is 23.5 Å². The molecule has 4 rings (SSSR count). The van der Waals surface area contributed by atoms with Crippen LogP contribution in [-0.4, -0.2) is 35.0 Å². The second-order valence-electron chi connectivity index (χ2n) is 6.78. The Morgan fingerprint density at radius 3 is 2.54 bits per heavy atom. The lowest BCUT2D eigenvalue weighted by Crippen LogP contribution is -2.45. The number of carbonyl (C=O) groups is 1. The van der Waals surface area contributed by atoms with Crippen molar-refractivity contribution in [2.75, 3.05) is 13.2 Å². The summed E-state index contributed by atoms with van der Waals surface area (Å²) >= 11 is 6.12. The van der Waals surface area contributed by atoms with Crippen molar-refractivity contribution in [1.29, 1.82) is 0 Å². The maximum absolute atomic E-state index is 13.2. The molecule has 0 spiro atoms. The molecule has 1 aliphatic carbocycles. The van der Waals surface area contributed by atoms with Gasteiger partial charge >= 0.3 is 0 Å². The minimum absolute atomic E-state index is 0.144. The highest BCUT2D eigenvalue weighted by Crippen LogP contribution is 2.52. The molecule has 1 unspecified atom stereocenters. The number of nitrogens with two attached hydrogens (primary N) is 1. The smallest absolute Gasteiger partial charge is 0.262 e. The van der Waals surface area contributed by atoms with Gasteiger partial charge in [-0.3, -0.25) is 9.69 Å². The summed E-state index contributed by atoms with van der Waals surface area (Å²) in [5.41, 5.74) is 7.85. The molecule has 6 heteroatoms. The highest BCUT2D eigenvalue weighted by molar-refractivity contribution is 6.30. The Labute approximate surface area is 157 Å². The molecule has 2 aromatic carbocycles. The van der Waals surface area contributed by atoms with Crippen LogP contribution < -0.4 is 5.73 Å². The maximum atomic E-state index is 13.2. The number of hydrogen-bond acceptors (Lipinski definition) is 4. The average Bonchev–Trinajstić information content (AvgIpc) is 3.46. The molecule has 0 bridgehead atoms. The highest BCUT2D eigenvalue weighted by atomic mass is 35.5. The van der Waals surface area contributed by atoms with E-state index in [-0.39, 0.29) is 30.9 Å². The predicted molar refractivity (Wildman–Crippen MR) is 102 cm³/mol. The lowest BCUT2D eigenvalue weighted by Gasteiger charge is -2.26. The number of hydrogen-bond donors (Lipinski definition) is 2. The summed E-state index contributed by atoms with van der Waals surface area (Å²) in [5, 5.41) is 9.92. The Balaban J connectivity index is 1.80. The summed E-state index contributed by atoms with van der Waals surface area (Å²) < 4.78 is 0. The number of aliphatic imine (C=N–C) groups is 1. The number of aliphatic hydroxyl groups excluding tert-OH is 1. The molecule has 3 N–H and O–H groups in total. The van der Waals surface area contributed by atoms with Crippen LogP contribution in [0.5, 0.6) is 0 Å². The van der Waals surface area contributed by atoms with Crippen LogP contribution in [0, 0.1) is 5.92 Å². The molecule has 1 amide bonds. The van der Waals surface area contributed by atoms with Crippen LogP contribution in [0.1, 0.15) is 18.4 Å². The Bertz CT molecular complexity index is 894. The van der Waals surface area contributed by atoms with E-state index in [0.717, 1.165) is 29.5 Å². The zero-order valence-corrected chi connectivity index (χ0v) is 15.0. The van der Waals surface area contributed by atoms with Crippen LogP contribution in [0.15, 0.2) is 53.5 Å². The van der Waals surface area contributed by atoms with Gasteiger partial charge in [0.05, 0.1) is 13.2 Å². The number of carbonyl (C=O) groups excluding carboxylic acids is 1. The summed E-state index contributed by atoms with van der Waals surface area (Å²) in [5.74, 6) is 0.186. The van der Waals surface area contributed by atoms with Gasteiger partial charge in [0, 0.05) is 5.02 Å². The summed E-state index contributed by atoms with van der Waals surface area (Å²) in [4.78, 5) is 19.2. The maximum Gasteiger partial charge on any atom is 0.262 e. The first kappa shape index (κ1) is 17.1. The van der Waals surface area contributed by atoms with E-state index in [1.165, 1.54) is 4.90 Å². The third kappa shape index (κ3) is 2.68. The van der Waals surface area contributed by atoms with Gasteiger partial charge in [0.15, 0.2) is 11.5 Å². The van der Waals surface area contributed by atoms with Gasteiger partial charge in [-0.2, -0.15) is 0 Å². The third-order valence-electron chi connectivity index (χ3n) is 5.09. The molecule has 134 valence electrons. The first-order valence-corrected chi connectivity index (χ1v) is 9.08. The van der Waals surface area contributed by atoms with Crippen LogP contribution in [0.3, 0.4) is 0 Å². The number of halogens is 1. The highest BCUT2D eigenvalue weighted by Gasteiger charge is 2.57. The van der Waals surface area contributed by atoms with Gasteiger partial charge in [-0.05, 0) is 53.6 Å². The fourth-order valence-corrected chi connectivity index (χ4v) is 3.90. The van der Waals surface area contributed by atoms with Crippen LogP contribution >= 0.6 is 11.6 Å². The van der Waals surface area contributed by atoms with E-state index in [1.807, 2.05) is 48.5 Å². The fraction of sp³-hybridized carbons (Fsp3) is 0.300. The number of amides is 1. The number of aliphatic hydroxyl groups is 1. The Kier molecular flexibility index (Phi) is 4.21. The Morgan fingerprint density at radius 1 is 1.19 bits per heavy atom. The van der Waals surface area contributed by atoms with Gasteiger partial charge in [0.25, 0.3) is 5.91 Å². The molecule has 0 aromatic heterocycles. The van der Waals surface area contributed by atoms with E-state index >= 15 is 0 Å². The topological polar surface area (TPSA) is 78.9 Å². The Hall–Kier alpha value is -2.37. The molecule has 0 radical (unpaired) electrons. The van der Waals surface area contributed by atoms with Crippen LogP contribution in [0.2, 0.25) is 5.02 Å². The largest absolute Gasteiger partial charge is 0.395 e. The summed E-state index contributed by atoms with van der Waals surface area (Å²) in [6, 6.07) is 15.5. The van der Waals surface area contributed by atoms with E-state index in [1.54, 1.807) is 0 Å².